The van der Waals surface area contributed by atoms with Gasteiger partial charge in [0.15, 0.2) is 0 Å². The van der Waals surface area contributed by atoms with Crippen molar-refractivity contribution in [2.75, 3.05) is 208 Å². The van der Waals surface area contributed by atoms with Crippen molar-refractivity contribution >= 4 is 122 Å². The number of nitrogens with one attached hydrogen (secondary N) is 1. The lowest BCUT2D eigenvalue weighted by Crippen LogP contribution is -2.35. The third kappa shape index (κ3) is 34.0. The Balaban J connectivity index is 0.000000292. The monoisotopic (exact) mass is 1920 g/mol. The van der Waals surface area contributed by atoms with Crippen LogP contribution in [-0.4, -0.2) is 270 Å². The van der Waals surface area contributed by atoms with Crippen LogP contribution in [0.4, 0.5) is 11.4 Å². The van der Waals surface area contributed by atoms with Gasteiger partial charge in [0.2, 0.25) is 17.7 Å². The van der Waals surface area contributed by atoms with E-state index >= 15 is 0 Å². The first-order valence-electron chi connectivity index (χ1n) is 38.6. The van der Waals surface area contributed by atoms with Gasteiger partial charge in [-0.15, -0.1) is 5.10 Å². The van der Waals surface area contributed by atoms with Crippen LogP contribution in [0.5, 0.6) is 0 Å². The van der Waals surface area contributed by atoms with Crippen molar-refractivity contribution in [1.82, 2.24) is 30.1 Å². The second-order valence-corrected chi connectivity index (χ2v) is 28.7. The van der Waals surface area contributed by atoms with Crippen LogP contribution in [0.25, 0.3) is 53.8 Å². The molecule has 41 heteroatoms. The number of ether oxygens (including phenoxy) is 12. The number of nitrogens with zero attached hydrogens (tertiary/aromatic N) is 16. The molecule has 4 aliphatic rings. The average Bonchev–Trinajstić information content (AvgIpc) is 1.43. The molecule has 5 aromatic rings. The van der Waals surface area contributed by atoms with Gasteiger partial charge in [0.05, 0.1) is 208 Å². The van der Waals surface area contributed by atoms with E-state index in [1.54, 1.807) is 9.80 Å². The second-order valence-electron chi connectivity index (χ2n) is 25.6. The van der Waals surface area contributed by atoms with Gasteiger partial charge in [-0.2, -0.15) is 0 Å². The van der Waals surface area contributed by atoms with E-state index in [1.807, 2.05) is 102 Å². The third-order valence-electron chi connectivity index (χ3n) is 17.4. The van der Waals surface area contributed by atoms with Crippen molar-refractivity contribution in [2.45, 2.75) is 58.2 Å². The Morgan fingerprint density at radius 3 is 1.28 bits per heavy atom. The van der Waals surface area contributed by atoms with Gasteiger partial charge in [0, 0.05) is 95.3 Å². The number of Topliss-reactive ketones (excluding diaryl/α,β-unsaturated/α-hetero) is 1. The molecular weight excluding hydrogens is 1830 g/mol. The van der Waals surface area contributed by atoms with Gasteiger partial charge < -0.3 is 72.0 Å². The van der Waals surface area contributed by atoms with Crippen molar-refractivity contribution < 1.29 is 95.2 Å². The maximum absolute atomic E-state index is 13.9. The molecule has 0 unspecified atom stereocenters. The van der Waals surface area contributed by atoms with Crippen LogP contribution in [0, 0.1) is 11.8 Å². The number of benzene rings is 4. The zero-order valence-corrected chi connectivity index (χ0v) is 72.5. The summed E-state index contributed by atoms with van der Waals surface area (Å²) in [7, 11) is 0. The quantitative estimate of drug-likeness (QED) is 0.00943. The average molecular weight is 1920 g/mol. The van der Waals surface area contributed by atoms with Crippen molar-refractivity contribution in [3.8, 4) is 34.4 Å². The highest BCUT2D eigenvalue weighted by atomic mass is 79.9. The molecule has 120 heavy (non-hydrogen) atoms. The number of halogens is 4. The molecule has 4 aromatic carbocycles. The second kappa shape index (κ2) is 57.9. The Kier molecular flexibility index (Phi) is 47.3. The number of rotatable bonds is 55. The molecule has 5 heterocycles. The van der Waals surface area contributed by atoms with Gasteiger partial charge >= 0.3 is 0 Å². The molecule has 644 valence electrons. The molecule has 1 N–H and O–H groups in total. The van der Waals surface area contributed by atoms with E-state index in [1.165, 1.54) is 0 Å². The minimum atomic E-state index is -0.396. The number of aromatic nitrogens is 3. The molecule has 0 saturated heterocycles. The minimum absolute atomic E-state index is 0.0249. The van der Waals surface area contributed by atoms with Crippen LogP contribution in [0.1, 0.15) is 60.8 Å². The lowest BCUT2D eigenvalue weighted by Gasteiger charge is -2.28. The molecule has 7 amide bonds. The molecule has 0 saturated carbocycles. The van der Waals surface area contributed by atoms with Gasteiger partial charge in [0.25, 0.3) is 23.6 Å². The Bertz CT molecular complexity index is 4400. The molecule has 4 aliphatic heterocycles. The summed E-state index contributed by atoms with van der Waals surface area (Å²) < 4.78 is 67.7. The first kappa shape index (κ1) is 97.9. The zero-order valence-electron chi connectivity index (χ0n) is 66.1. The predicted molar refractivity (Wildman–Crippen MR) is 453 cm³/mol. The third-order valence-corrected chi connectivity index (χ3v) is 21.4. The molecular formula is C79H95Br4N17O20. The number of anilines is 2. The van der Waals surface area contributed by atoms with E-state index in [9.17, 15) is 38.4 Å². The molecule has 9 rings (SSSR count). The van der Waals surface area contributed by atoms with Crippen LogP contribution in [0.2, 0.25) is 0 Å². The summed E-state index contributed by atoms with van der Waals surface area (Å²) in [5, 5.41) is 21.9. The fraction of sp³-hybridized carbons (Fsp3) is 0.494. The number of ketones is 1. The van der Waals surface area contributed by atoms with Crippen molar-refractivity contribution in [1.29, 1.82) is 0 Å². The van der Waals surface area contributed by atoms with E-state index < -0.39 is 11.8 Å². The van der Waals surface area contributed by atoms with Gasteiger partial charge in [-0.3, -0.25) is 48.2 Å². The highest BCUT2D eigenvalue weighted by Crippen LogP contribution is 2.41. The van der Waals surface area contributed by atoms with Crippen LogP contribution < -0.4 is 15.1 Å². The zero-order chi connectivity index (χ0) is 85.7. The molecule has 1 aromatic heterocycles. The van der Waals surface area contributed by atoms with Crippen LogP contribution in [0.3, 0.4) is 0 Å². The normalized spacial score (nSPS) is 13.1. The maximum atomic E-state index is 13.9. The number of amides is 7. The standard InChI is InChI=1S/C40H48Br2N8O10.C33H35Br2N3O8.C6H12N6O2/c41-35-36(42)40(54)48(39(35)53)14-18-57-23-25-60-27-26-59-24-20-55-16-12-30(51)7-5-11-34(52)49-28-29-6-1-2-8-31(29)38-37(32-9-3-4-10-33(32)49)45-47-50(38)15-19-58-22-21-56-17-13-44-46-43;34-30-31(35)33(42)37(32(30)41)14-16-44-18-20-46-22-21-45-19-17-43-15-12-28(39)36-13-11-29(40)38-23-26-7-2-1-5-24(26)9-10-25-6-3-4-8-27(25)38;7-11-9-1-3-13-5-6-14-4-2-10-12-8/h1-4,6,8-10H,5,7,11-28H2;1-8H,11-23H2,(H,36,39);1-6H2. The maximum Gasteiger partial charge on any atom is 0.269 e. The molecule has 0 fully saturated rings. The summed E-state index contributed by atoms with van der Waals surface area (Å²) in [5.41, 5.74) is 32.5. The molecule has 0 bridgehead atoms. The highest BCUT2D eigenvalue weighted by Gasteiger charge is 2.37. The number of azide groups is 3. The summed E-state index contributed by atoms with van der Waals surface area (Å²) in [6.45, 7) is 10.9. The summed E-state index contributed by atoms with van der Waals surface area (Å²) in [5.74, 6) is 4.47. The van der Waals surface area contributed by atoms with E-state index in [4.69, 9.17) is 73.4 Å². The van der Waals surface area contributed by atoms with E-state index in [2.05, 4.69) is 121 Å². The van der Waals surface area contributed by atoms with Crippen LogP contribution >= 0.6 is 63.7 Å². The van der Waals surface area contributed by atoms with Crippen molar-refractivity contribution in [2.24, 2.45) is 15.3 Å². The fourth-order valence-corrected chi connectivity index (χ4v) is 13.0. The molecule has 0 radical (unpaired) electrons. The van der Waals surface area contributed by atoms with E-state index in [-0.39, 0.29) is 138 Å². The van der Waals surface area contributed by atoms with Crippen LogP contribution in [0.15, 0.2) is 130 Å². The largest absolute Gasteiger partial charge is 0.379 e. The summed E-state index contributed by atoms with van der Waals surface area (Å²) in [6.07, 6.45) is 1.47. The first-order chi connectivity index (χ1) is 58.6. The van der Waals surface area contributed by atoms with E-state index in [0.717, 1.165) is 60.2 Å². The Morgan fingerprint density at radius 1 is 0.408 bits per heavy atom. The van der Waals surface area contributed by atoms with Crippen molar-refractivity contribution in [3.05, 3.63) is 169 Å². The minimum Gasteiger partial charge on any atom is -0.379 e. The number of fused-ring (bicyclic) bond motifs is 7. The summed E-state index contributed by atoms with van der Waals surface area (Å²) in [6, 6.07) is 31.0. The topological polar surface area (TPSA) is 449 Å². The highest BCUT2D eigenvalue weighted by molar-refractivity contribution is 9.15. The van der Waals surface area contributed by atoms with E-state index in [0.29, 0.717) is 177 Å². The predicted octanol–water partition coefficient (Wildman–Crippen LogP) is 10.3. The van der Waals surface area contributed by atoms with Gasteiger partial charge in [-0.05, 0) is 122 Å². The fourth-order valence-electron chi connectivity index (χ4n) is 11.5. The SMILES string of the molecule is O=C(CCOCCOCCOCCOCCN1C(=O)C(Br)=C(Br)C1=O)NCCC(=O)N1Cc2ccccc2C#Cc2ccccc21.[N-]=[N+]=NCCOCCOCCN=[N+]=[N-].[N-]=[N+]=NCCOCCOCCn1nnc2c1-c1ccccc1CN(C(=O)CCCC(=O)CCOCCOCCOCCOCCN1C(=O)C(Br)=C(Br)C1=O)c1ccccc1-2. The number of para-hydroxylation sites is 2. The Morgan fingerprint density at radius 2 is 0.783 bits per heavy atom. The Hall–Kier alpha value is -9.21. The Labute approximate surface area is 727 Å². The van der Waals surface area contributed by atoms with Crippen molar-refractivity contribution in [3.63, 3.8) is 0 Å². The molecule has 0 atom stereocenters. The van der Waals surface area contributed by atoms with Gasteiger partial charge in [0.1, 0.15) is 29.4 Å². The number of hydrogen-bond acceptors (Lipinski definition) is 25. The van der Waals surface area contributed by atoms with Crippen LogP contribution in [-0.2, 0) is 115 Å². The lowest BCUT2D eigenvalue weighted by atomic mass is 9.95. The number of imide groups is 2. The summed E-state index contributed by atoms with van der Waals surface area (Å²) in [4.78, 5) is 113. The molecule has 37 nitrogen and oxygen atoms in total. The van der Waals surface area contributed by atoms with Gasteiger partial charge in [-0.25, -0.2) is 4.68 Å². The summed E-state index contributed by atoms with van der Waals surface area (Å²) >= 11 is 12.3. The molecule has 0 spiro atoms. The molecule has 0 aliphatic carbocycles. The number of carbonyl (C=O) groups is 8. The first-order valence-corrected chi connectivity index (χ1v) is 41.7. The number of carbonyl (C=O) groups excluding carboxylic acids is 8. The lowest BCUT2D eigenvalue weighted by molar-refractivity contribution is -0.139. The van der Waals surface area contributed by atoms with Gasteiger partial charge in [-0.1, -0.05) is 105 Å². The number of hydrogen-bond donors (Lipinski definition) is 1. The smallest absolute Gasteiger partial charge is 0.269 e.